The normalized spacial score (nSPS) is 21.2. The summed E-state index contributed by atoms with van der Waals surface area (Å²) in [6.07, 6.45) is 14.4. The molecule has 4 aliphatic rings. The van der Waals surface area contributed by atoms with Crippen LogP contribution >= 0.6 is 0 Å². The average molecular weight is 811 g/mol. The van der Waals surface area contributed by atoms with Gasteiger partial charge in [0.1, 0.15) is 0 Å². The van der Waals surface area contributed by atoms with Crippen LogP contribution in [0.1, 0.15) is 94.3 Å². The fourth-order valence-electron chi connectivity index (χ4n) is 8.78. The molecule has 60 heavy (non-hydrogen) atoms. The number of aliphatic hydroxyl groups is 2. The molecule has 0 bridgehead atoms. The summed E-state index contributed by atoms with van der Waals surface area (Å²) in [6.45, 7) is 1.17. The number of aromatic carboxylic acids is 2. The van der Waals surface area contributed by atoms with Crippen LogP contribution in [-0.4, -0.2) is 91.4 Å². The summed E-state index contributed by atoms with van der Waals surface area (Å²) >= 11 is 0. The Morgan fingerprint density at radius 1 is 0.567 bits per heavy atom. The number of carboxylic acid groups (broad SMARTS) is 2. The van der Waals surface area contributed by atoms with Crippen molar-refractivity contribution in [3.05, 3.63) is 167 Å². The van der Waals surface area contributed by atoms with Crippen LogP contribution in [0.3, 0.4) is 0 Å². The van der Waals surface area contributed by atoms with E-state index in [2.05, 4.69) is 24.3 Å². The molecule has 2 aliphatic carbocycles. The number of benzene rings is 4. The van der Waals surface area contributed by atoms with Crippen molar-refractivity contribution in [2.75, 3.05) is 13.1 Å². The summed E-state index contributed by atoms with van der Waals surface area (Å²) < 4.78 is 0. The molecule has 2 saturated heterocycles. The van der Waals surface area contributed by atoms with Crippen LogP contribution in [0.15, 0.2) is 133 Å². The minimum Gasteiger partial charge on any atom is -0.478 e. The van der Waals surface area contributed by atoms with Gasteiger partial charge in [-0.2, -0.15) is 0 Å². The minimum atomic E-state index is -0.941. The van der Waals surface area contributed by atoms with Gasteiger partial charge < -0.3 is 30.2 Å². The van der Waals surface area contributed by atoms with Crippen LogP contribution in [0.5, 0.6) is 0 Å². The summed E-state index contributed by atoms with van der Waals surface area (Å²) in [7, 11) is 0. The first-order valence-corrected chi connectivity index (χ1v) is 21.1. The molecule has 10 heteroatoms. The Kier molecular flexibility index (Phi) is 13.1. The number of hydrogen-bond donors (Lipinski definition) is 4. The van der Waals surface area contributed by atoms with Crippen molar-refractivity contribution in [2.24, 2.45) is 0 Å². The van der Waals surface area contributed by atoms with E-state index in [1.165, 1.54) is 11.1 Å². The van der Waals surface area contributed by atoms with E-state index in [0.717, 1.165) is 49.7 Å². The molecule has 10 nitrogen and oxygen atoms in total. The molecule has 2 saturated carbocycles. The zero-order valence-corrected chi connectivity index (χ0v) is 33.8. The lowest BCUT2D eigenvalue weighted by atomic mass is 9.89. The number of carbonyl (C=O) groups excluding carboxylic acids is 2. The standard InChI is InChI=1S/2C25H27NO4/c2*27-22(25(15-16-25)20-4-2-1-3-5-20)12-10-21-11-13-23(28)26(21)17-14-18-6-8-19(9-7-18)24(29)30/h2*1-10,12,21-22,27H,11,13-17H2,(H,29,30)/b2*12-10+/t21-,22+;21-,22-/m00/s1. The Balaban J connectivity index is 0.000000181. The Morgan fingerprint density at radius 3 is 1.23 bits per heavy atom. The second-order valence-electron chi connectivity index (χ2n) is 16.6. The lowest BCUT2D eigenvalue weighted by Crippen LogP contribution is -2.34. The Hall–Kier alpha value is -5.84. The summed E-state index contributed by atoms with van der Waals surface area (Å²) in [5, 5.41) is 39.7. The number of rotatable bonds is 16. The van der Waals surface area contributed by atoms with Gasteiger partial charge in [-0.05, 0) is 97.9 Å². The zero-order valence-electron chi connectivity index (χ0n) is 33.8. The molecular formula is C50H54N2O8. The van der Waals surface area contributed by atoms with Crippen LogP contribution in [-0.2, 0) is 33.3 Å². The highest BCUT2D eigenvalue weighted by atomic mass is 16.4. The number of likely N-dealkylation sites (tertiary alicyclic amines) is 2. The topological polar surface area (TPSA) is 156 Å². The van der Waals surface area contributed by atoms with E-state index < -0.39 is 24.1 Å². The molecule has 2 amide bonds. The van der Waals surface area contributed by atoms with E-state index in [4.69, 9.17) is 10.2 Å². The van der Waals surface area contributed by atoms with Crippen LogP contribution in [0.4, 0.5) is 0 Å². The monoisotopic (exact) mass is 810 g/mol. The molecule has 4 fully saturated rings. The Bertz CT molecular complexity index is 2020. The maximum atomic E-state index is 12.4. The van der Waals surface area contributed by atoms with E-state index >= 15 is 0 Å². The SMILES string of the molecule is O=C(O)c1ccc(CCN2C(=O)CC[C@@H]2/C=C/[C@@H](O)C2(c3ccccc3)CC2)cc1.O=C(O)c1ccc(CCN2C(=O)CC[C@@H]2/C=C/[C@H](O)C2(c3ccccc3)CC2)cc1. The summed E-state index contributed by atoms with van der Waals surface area (Å²) in [5.41, 5.74) is 4.51. The highest BCUT2D eigenvalue weighted by Crippen LogP contribution is 2.52. The fraction of sp³-hybridized carbons (Fsp3) is 0.360. The lowest BCUT2D eigenvalue weighted by molar-refractivity contribution is -0.129. The number of aliphatic hydroxyl groups excluding tert-OH is 2. The molecule has 4 N–H and O–H groups in total. The van der Waals surface area contributed by atoms with E-state index in [-0.39, 0.29) is 45.9 Å². The van der Waals surface area contributed by atoms with Gasteiger partial charge in [-0.15, -0.1) is 0 Å². The third-order valence-corrected chi connectivity index (χ3v) is 12.9. The first-order chi connectivity index (χ1) is 29.0. The predicted molar refractivity (Wildman–Crippen MR) is 229 cm³/mol. The first-order valence-electron chi connectivity index (χ1n) is 21.1. The average Bonchev–Trinajstić information content (AvgIpc) is 4.20. The quantitative estimate of drug-likeness (QED) is 0.0872. The molecule has 0 aromatic heterocycles. The molecule has 4 aromatic carbocycles. The number of carboxylic acids is 2. The molecule has 8 rings (SSSR count). The van der Waals surface area contributed by atoms with Crippen LogP contribution in [0.2, 0.25) is 0 Å². The van der Waals surface area contributed by atoms with Gasteiger partial charge >= 0.3 is 11.9 Å². The molecule has 0 spiro atoms. The third-order valence-electron chi connectivity index (χ3n) is 12.9. The number of amides is 2. The molecule has 4 atom stereocenters. The van der Waals surface area contributed by atoms with E-state index in [1.54, 1.807) is 48.5 Å². The lowest BCUT2D eigenvalue weighted by Gasteiger charge is -2.24. The molecule has 0 radical (unpaired) electrons. The van der Waals surface area contributed by atoms with Crippen LogP contribution in [0.25, 0.3) is 0 Å². The Morgan fingerprint density at radius 2 is 0.917 bits per heavy atom. The second kappa shape index (κ2) is 18.6. The van der Waals surface area contributed by atoms with Gasteiger partial charge in [-0.3, -0.25) is 9.59 Å². The molecule has 2 heterocycles. The van der Waals surface area contributed by atoms with Crippen molar-refractivity contribution in [3.8, 4) is 0 Å². The minimum absolute atomic E-state index is 0.00276. The van der Waals surface area contributed by atoms with Gasteiger partial charge in [0.25, 0.3) is 0 Å². The third kappa shape index (κ3) is 9.78. The van der Waals surface area contributed by atoms with Gasteiger partial charge in [0.2, 0.25) is 11.8 Å². The Labute approximate surface area is 351 Å². The predicted octanol–water partition coefficient (Wildman–Crippen LogP) is 7.13. The first kappa shape index (κ1) is 42.3. The van der Waals surface area contributed by atoms with Crippen molar-refractivity contribution in [2.45, 2.75) is 99.3 Å². The van der Waals surface area contributed by atoms with E-state index in [1.807, 2.05) is 70.5 Å². The summed E-state index contributed by atoms with van der Waals surface area (Å²) in [4.78, 5) is 50.4. The second-order valence-corrected chi connectivity index (χ2v) is 16.6. The maximum absolute atomic E-state index is 12.4. The van der Waals surface area contributed by atoms with Crippen molar-refractivity contribution >= 4 is 23.8 Å². The number of nitrogens with zero attached hydrogens (tertiary/aromatic N) is 2. The van der Waals surface area contributed by atoms with Crippen molar-refractivity contribution in [1.82, 2.24) is 9.80 Å². The van der Waals surface area contributed by atoms with Crippen molar-refractivity contribution in [1.29, 1.82) is 0 Å². The fourth-order valence-corrected chi connectivity index (χ4v) is 8.78. The van der Waals surface area contributed by atoms with Crippen molar-refractivity contribution in [3.63, 3.8) is 0 Å². The van der Waals surface area contributed by atoms with E-state index in [9.17, 15) is 29.4 Å². The van der Waals surface area contributed by atoms with Gasteiger partial charge in [0.05, 0.1) is 35.4 Å². The summed E-state index contributed by atoms with van der Waals surface area (Å²) in [5.74, 6) is -1.62. The molecular weight excluding hydrogens is 757 g/mol. The largest absolute Gasteiger partial charge is 0.478 e. The molecule has 0 unspecified atom stereocenters. The van der Waals surface area contributed by atoms with Crippen LogP contribution < -0.4 is 0 Å². The zero-order chi connectivity index (χ0) is 42.3. The van der Waals surface area contributed by atoms with Gasteiger partial charge in [0.15, 0.2) is 0 Å². The molecule has 2 aliphatic heterocycles. The van der Waals surface area contributed by atoms with E-state index in [0.29, 0.717) is 38.8 Å². The highest BCUT2D eigenvalue weighted by Gasteiger charge is 2.50. The number of carbonyl (C=O) groups is 4. The van der Waals surface area contributed by atoms with Gasteiger partial charge in [-0.25, -0.2) is 9.59 Å². The number of hydrogen-bond acceptors (Lipinski definition) is 6. The smallest absolute Gasteiger partial charge is 0.335 e. The van der Waals surface area contributed by atoms with Crippen LogP contribution in [0, 0.1) is 0 Å². The molecule has 312 valence electrons. The molecule has 4 aromatic rings. The van der Waals surface area contributed by atoms with Gasteiger partial charge in [-0.1, -0.05) is 109 Å². The maximum Gasteiger partial charge on any atom is 0.335 e. The van der Waals surface area contributed by atoms with Crippen molar-refractivity contribution < 1.29 is 39.6 Å². The highest BCUT2D eigenvalue weighted by molar-refractivity contribution is 5.88. The summed E-state index contributed by atoms with van der Waals surface area (Å²) in [6, 6.07) is 33.9. The van der Waals surface area contributed by atoms with Gasteiger partial charge in [0, 0.05) is 36.8 Å².